The number of Topliss-reactive ketones (excluding diaryl/α,β-unsaturated/α-hetero) is 1. The second-order valence-corrected chi connectivity index (χ2v) is 2.83. The molecule has 0 aliphatic rings. The third-order valence-electron chi connectivity index (χ3n) is 1.32. The van der Waals surface area contributed by atoms with Crippen molar-refractivity contribution in [3.63, 3.8) is 0 Å². The zero-order chi connectivity index (χ0) is 8.53. The van der Waals surface area contributed by atoms with Crippen molar-refractivity contribution < 1.29 is 44.9 Å². The van der Waals surface area contributed by atoms with Gasteiger partial charge < -0.3 is 6.22 Å². The summed E-state index contributed by atoms with van der Waals surface area (Å²) >= 11 is 0. The largest absolute Gasteiger partial charge is 1.00 e. The molecule has 0 aromatic heterocycles. The first-order valence-corrected chi connectivity index (χ1v) is 4.44. The number of unbranched alkanes of at least 4 members (excludes halogenated alkanes) is 2. The fraction of sp³-hybridized carbons (Fsp3) is 0.857. The summed E-state index contributed by atoms with van der Waals surface area (Å²) in [6, 6.07) is 0. The van der Waals surface area contributed by atoms with E-state index < -0.39 is 0 Å². The summed E-state index contributed by atoms with van der Waals surface area (Å²) in [7, 11) is -0.251. The molecular weight excluding hydrogens is 186 g/mol. The van der Waals surface area contributed by atoms with Crippen LogP contribution in [0.4, 0.5) is 0 Å². The van der Waals surface area contributed by atoms with Gasteiger partial charge in [0.05, 0.1) is 6.61 Å². The van der Waals surface area contributed by atoms with Crippen molar-refractivity contribution in [2.24, 2.45) is 0 Å². The zero-order valence-corrected chi connectivity index (χ0v) is 10.6. The molecule has 5 heteroatoms. The van der Waals surface area contributed by atoms with E-state index in [2.05, 4.69) is 4.52 Å². The van der Waals surface area contributed by atoms with Crippen LogP contribution in [0, 0.1) is 0 Å². The topological polar surface area (TPSA) is 43.4 Å². The molecule has 0 aliphatic heterocycles. The van der Waals surface area contributed by atoms with Gasteiger partial charge in [0.15, 0.2) is 0 Å². The molecule has 0 aliphatic carbocycles. The molecule has 0 spiro atoms. The van der Waals surface area contributed by atoms with Gasteiger partial charge in [0, 0.05) is 6.42 Å². The predicted molar refractivity (Wildman–Crippen MR) is 43.8 cm³/mol. The maximum atomic E-state index is 10.4. The van der Waals surface area contributed by atoms with E-state index in [0.717, 1.165) is 19.3 Å². The molecule has 0 rings (SSSR count). The third kappa shape index (κ3) is 13.3. The van der Waals surface area contributed by atoms with Gasteiger partial charge in [-0.15, -0.1) is 0 Å². The van der Waals surface area contributed by atoms with Crippen molar-refractivity contribution in [2.45, 2.75) is 32.6 Å². The Kier molecular flexibility index (Phi) is 14.9. The van der Waals surface area contributed by atoms with Gasteiger partial charge in [-0.05, 0) is 19.8 Å². The summed E-state index contributed by atoms with van der Waals surface area (Å²) in [6.07, 6.45) is 3.40. The minimum Gasteiger partial charge on any atom is -1.00 e. The molecular formula is C7H14NaO3P. The fourth-order valence-electron chi connectivity index (χ4n) is 0.755. The van der Waals surface area contributed by atoms with E-state index >= 15 is 0 Å². The van der Waals surface area contributed by atoms with Crippen molar-refractivity contribution in [1.82, 2.24) is 0 Å². The number of hydrogen-bond acceptors (Lipinski definition) is 3. The van der Waals surface area contributed by atoms with Gasteiger partial charge in [0.25, 0.3) is 0 Å². The molecule has 0 heterocycles. The monoisotopic (exact) mass is 200 g/mol. The van der Waals surface area contributed by atoms with E-state index in [0.29, 0.717) is 13.0 Å². The molecule has 0 saturated carbocycles. The van der Waals surface area contributed by atoms with E-state index in [1.807, 2.05) is 0 Å². The van der Waals surface area contributed by atoms with Gasteiger partial charge in [-0.25, -0.2) is 4.57 Å². The van der Waals surface area contributed by atoms with Gasteiger partial charge in [-0.1, -0.05) is 6.42 Å². The second-order valence-electron chi connectivity index (χ2n) is 2.42. The Balaban J connectivity index is -0.000000500. The molecule has 0 aromatic carbocycles. The van der Waals surface area contributed by atoms with Gasteiger partial charge in [0.2, 0.25) is 0 Å². The van der Waals surface area contributed by atoms with Crippen LogP contribution in [0.15, 0.2) is 0 Å². The summed E-state index contributed by atoms with van der Waals surface area (Å²) in [5, 5.41) is 0. The number of carbonyl (C=O) groups is 1. The quantitative estimate of drug-likeness (QED) is 0.315. The molecule has 0 radical (unpaired) electrons. The van der Waals surface area contributed by atoms with Crippen LogP contribution in [0.2, 0.25) is 0 Å². The Morgan fingerprint density at radius 1 is 1.42 bits per heavy atom. The molecule has 0 unspecified atom stereocenters. The van der Waals surface area contributed by atoms with Crippen molar-refractivity contribution in [3.05, 3.63) is 0 Å². The van der Waals surface area contributed by atoms with Gasteiger partial charge in [-0.2, -0.15) is 0 Å². The molecule has 0 aromatic rings. The minimum atomic E-state index is -0.251. The first-order chi connectivity index (χ1) is 5.27. The molecule has 12 heavy (non-hydrogen) atoms. The average Bonchev–Trinajstić information content (AvgIpc) is 1.96. The molecule has 0 bridgehead atoms. The van der Waals surface area contributed by atoms with E-state index in [1.165, 1.54) is 0 Å². The Bertz CT molecular complexity index is 135. The maximum Gasteiger partial charge on any atom is 1.00 e. The van der Waals surface area contributed by atoms with Crippen LogP contribution in [0.5, 0.6) is 0 Å². The zero-order valence-electron chi connectivity index (χ0n) is 8.71. The van der Waals surface area contributed by atoms with Crippen LogP contribution in [-0.4, -0.2) is 12.4 Å². The Hall–Kier alpha value is 0.730. The van der Waals surface area contributed by atoms with E-state index in [4.69, 9.17) is 0 Å². The number of carbonyl (C=O) groups excluding carboxylic acids is 1. The second kappa shape index (κ2) is 11.7. The smallest absolute Gasteiger partial charge is 1.00 e. The first kappa shape index (κ1) is 15.2. The van der Waals surface area contributed by atoms with Gasteiger partial charge >= 0.3 is 38.2 Å². The van der Waals surface area contributed by atoms with Gasteiger partial charge in [0.1, 0.15) is 5.78 Å². The van der Waals surface area contributed by atoms with Crippen LogP contribution in [0.3, 0.4) is 0 Å². The van der Waals surface area contributed by atoms with E-state index in [9.17, 15) is 9.36 Å². The maximum absolute atomic E-state index is 10.4. The van der Waals surface area contributed by atoms with Crippen LogP contribution in [0.1, 0.15) is 34.0 Å². The van der Waals surface area contributed by atoms with Crippen LogP contribution in [0.25, 0.3) is 0 Å². The summed E-state index contributed by atoms with van der Waals surface area (Å²) in [5.74, 6) is 0.230. The standard InChI is InChI=1S/C7H13O3P.Na.H/c1-7(8)5-3-2-4-6-10-11-9;;/h2-6H2,1H3;;/q;+1;-1. The molecule has 0 saturated heterocycles. The summed E-state index contributed by atoms with van der Waals surface area (Å²) in [5.41, 5.74) is 0. The Morgan fingerprint density at radius 2 is 2.08 bits per heavy atom. The summed E-state index contributed by atoms with van der Waals surface area (Å²) < 4.78 is 14.3. The fourth-order valence-corrected chi connectivity index (χ4v) is 0.958. The minimum absolute atomic E-state index is 0. The van der Waals surface area contributed by atoms with Crippen molar-refractivity contribution >= 4 is 14.5 Å². The van der Waals surface area contributed by atoms with Crippen molar-refractivity contribution in [3.8, 4) is 0 Å². The number of ketones is 1. The summed E-state index contributed by atoms with van der Waals surface area (Å²) in [4.78, 5) is 10.4. The Morgan fingerprint density at radius 3 is 2.58 bits per heavy atom. The molecule has 0 atom stereocenters. The average molecular weight is 200 g/mol. The molecule has 66 valence electrons. The molecule has 3 nitrogen and oxygen atoms in total. The first-order valence-electron chi connectivity index (χ1n) is 3.71. The van der Waals surface area contributed by atoms with Crippen molar-refractivity contribution in [1.29, 1.82) is 0 Å². The van der Waals surface area contributed by atoms with Crippen molar-refractivity contribution in [2.75, 3.05) is 6.61 Å². The summed E-state index contributed by atoms with van der Waals surface area (Å²) in [6.45, 7) is 2.11. The Labute approximate surface area is 98.3 Å². The normalized spacial score (nSPS) is 9.42. The predicted octanol–water partition coefficient (Wildman–Crippen LogP) is -0.524. The molecule has 0 N–H and O–H groups in total. The van der Waals surface area contributed by atoms with E-state index in [1.54, 1.807) is 6.92 Å². The van der Waals surface area contributed by atoms with Crippen LogP contribution < -0.4 is 29.6 Å². The SMILES string of the molecule is CC(=O)CCCCCOP=O.[H-].[Na+]. The third-order valence-corrected chi connectivity index (χ3v) is 1.61. The number of rotatable bonds is 7. The van der Waals surface area contributed by atoms with Crippen LogP contribution >= 0.6 is 8.69 Å². The van der Waals surface area contributed by atoms with E-state index in [-0.39, 0.29) is 45.5 Å². The van der Waals surface area contributed by atoms with Crippen LogP contribution in [-0.2, 0) is 13.9 Å². The number of hydrogen-bond donors (Lipinski definition) is 0. The van der Waals surface area contributed by atoms with Gasteiger partial charge in [-0.3, -0.25) is 4.52 Å². The molecule has 0 amide bonds. The molecule has 0 fully saturated rings.